The van der Waals surface area contributed by atoms with Crippen LogP contribution in [0.1, 0.15) is 24.8 Å². The first-order valence-corrected chi connectivity index (χ1v) is 6.74. The number of likely N-dealkylation sites (tertiary alicyclic amines) is 1. The van der Waals surface area contributed by atoms with Gasteiger partial charge >= 0.3 is 0 Å². The Morgan fingerprint density at radius 2 is 2.17 bits per heavy atom. The third-order valence-corrected chi connectivity index (χ3v) is 4.52. The van der Waals surface area contributed by atoms with E-state index in [2.05, 4.69) is 29.2 Å². The molecule has 2 atom stereocenters. The molecule has 2 fully saturated rings. The molecule has 1 heterocycles. The second-order valence-electron chi connectivity index (χ2n) is 5.91. The number of nitrogens with zero attached hydrogens (tertiary/aromatic N) is 1. The van der Waals surface area contributed by atoms with E-state index < -0.39 is 0 Å². The maximum atomic E-state index is 11.7. The van der Waals surface area contributed by atoms with Crippen molar-refractivity contribution < 1.29 is 4.79 Å². The van der Waals surface area contributed by atoms with Crippen molar-refractivity contribution >= 4 is 5.91 Å². The van der Waals surface area contributed by atoms with Crippen molar-refractivity contribution in [2.45, 2.75) is 25.8 Å². The summed E-state index contributed by atoms with van der Waals surface area (Å²) in [5, 5.41) is 0. The number of hydrogen-bond donors (Lipinski definition) is 1. The molecule has 1 aliphatic carbocycles. The van der Waals surface area contributed by atoms with Crippen LogP contribution in [-0.2, 0) is 11.3 Å². The number of amides is 1. The lowest BCUT2D eigenvalue weighted by molar-refractivity contribution is -0.130. The molecule has 1 aromatic carbocycles. The summed E-state index contributed by atoms with van der Waals surface area (Å²) in [7, 11) is 0. The normalized spacial score (nSPS) is 31.4. The van der Waals surface area contributed by atoms with Crippen molar-refractivity contribution in [1.29, 1.82) is 0 Å². The zero-order chi connectivity index (χ0) is 12.6. The van der Waals surface area contributed by atoms with Crippen molar-refractivity contribution in [2.24, 2.45) is 17.1 Å². The molecule has 0 radical (unpaired) electrons. The van der Waals surface area contributed by atoms with E-state index in [9.17, 15) is 4.79 Å². The van der Waals surface area contributed by atoms with Gasteiger partial charge in [-0.3, -0.25) is 9.69 Å². The summed E-state index contributed by atoms with van der Waals surface area (Å²) in [6.07, 6.45) is 3.15. The fourth-order valence-corrected chi connectivity index (χ4v) is 3.66. The summed E-state index contributed by atoms with van der Waals surface area (Å²) in [5.41, 5.74) is 6.71. The van der Waals surface area contributed by atoms with E-state index >= 15 is 0 Å². The van der Waals surface area contributed by atoms with Gasteiger partial charge in [-0.15, -0.1) is 0 Å². The number of primary amides is 1. The van der Waals surface area contributed by atoms with Crippen LogP contribution in [0.25, 0.3) is 0 Å². The van der Waals surface area contributed by atoms with Crippen molar-refractivity contribution in [3.63, 3.8) is 0 Å². The molecule has 1 aliphatic heterocycles. The topological polar surface area (TPSA) is 46.3 Å². The number of piperidine rings is 1. The van der Waals surface area contributed by atoms with Gasteiger partial charge in [0.25, 0.3) is 0 Å². The molecule has 1 saturated carbocycles. The Bertz CT molecular complexity index is 445. The molecular weight excluding hydrogens is 224 g/mol. The molecular formula is C15H20N2O. The molecule has 2 N–H and O–H groups in total. The molecule has 0 aromatic heterocycles. The Labute approximate surface area is 108 Å². The van der Waals surface area contributed by atoms with Gasteiger partial charge in [-0.25, -0.2) is 0 Å². The lowest BCUT2D eigenvalue weighted by Crippen LogP contribution is -2.48. The van der Waals surface area contributed by atoms with Crippen LogP contribution in [0.3, 0.4) is 0 Å². The summed E-state index contributed by atoms with van der Waals surface area (Å²) in [6, 6.07) is 10.5. The average Bonchev–Trinajstić information content (AvgIpc) is 2.68. The van der Waals surface area contributed by atoms with Gasteiger partial charge in [0, 0.05) is 19.6 Å². The second kappa shape index (κ2) is 4.39. The highest BCUT2D eigenvalue weighted by atomic mass is 16.1. The minimum Gasteiger partial charge on any atom is -0.369 e. The molecule has 1 aromatic rings. The van der Waals surface area contributed by atoms with Crippen molar-refractivity contribution in [2.75, 3.05) is 13.1 Å². The van der Waals surface area contributed by atoms with E-state index in [0.29, 0.717) is 5.92 Å². The molecule has 2 unspecified atom stereocenters. The van der Waals surface area contributed by atoms with Crippen LogP contribution >= 0.6 is 0 Å². The van der Waals surface area contributed by atoms with Crippen LogP contribution in [-0.4, -0.2) is 23.9 Å². The molecule has 3 nitrogen and oxygen atoms in total. The largest absolute Gasteiger partial charge is 0.369 e. The lowest BCUT2D eigenvalue weighted by atomic mass is 9.81. The first kappa shape index (κ1) is 11.7. The van der Waals surface area contributed by atoms with E-state index in [1.807, 2.05) is 6.07 Å². The Morgan fingerprint density at radius 3 is 2.89 bits per heavy atom. The molecule has 1 saturated heterocycles. The summed E-state index contributed by atoms with van der Waals surface area (Å²) >= 11 is 0. The second-order valence-corrected chi connectivity index (χ2v) is 5.91. The number of nitrogens with two attached hydrogens (primary N) is 1. The van der Waals surface area contributed by atoms with Gasteiger partial charge in [0.1, 0.15) is 0 Å². The summed E-state index contributed by atoms with van der Waals surface area (Å²) in [4.78, 5) is 14.1. The van der Waals surface area contributed by atoms with E-state index in [4.69, 9.17) is 5.73 Å². The number of rotatable bonds is 3. The van der Waals surface area contributed by atoms with Gasteiger partial charge in [-0.1, -0.05) is 30.3 Å². The van der Waals surface area contributed by atoms with Crippen LogP contribution in [0.2, 0.25) is 0 Å². The first-order valence-electron chi connectivity index (χ1n) is 6.74. The molecule has 1 amide bonds. The summed E-state index contributed by atoms with van der Waals surface area (Å²) in [6.45, 7) is 2.89. The van der Waals surface area contributed by atoms with E-state index in [1.165, 1.54) is 5.56 Å². The molecule has 3 rings (SSSR count). The van der Waals surface area contributed by atoms with Crippen LogP contribution in [0, 0.1) is 11.3 Å². The zero-order valence-electron chi connectivity index (χ0n) is 10.6. The number of carbonyl (C=O) groups excluding carboxylic acids is 1. The highest BCUT2D eigenvalue weighted by Gasteiger charge is 2.48. The third kappa shape index (κ3) is 2.03. The number of carbonyl (C=O) groups is 1. The van der Waals surface area contributed by atoms with Gasteiger partial charge in [0.15, 0.2) is 0 Å². The van der Waals surface area contributed by atoms with E-state index in [1.54, 1.807) is 0 Å². The zero-order valence-corrected chi connectivity index (χ0v) is 10.6. The maximum absolute atomic E-state index is 11.7. The van der Waals surface area contributed by atoms with Gasteiger partial charge < -0.3 is 5.73 Å². The van der Waals surface area contributed by atoms with Crippen LogP contribution < -0.4 is 5.73 Å². The van der Waals surface area contributed by atoms with Gasteiger partial charge in [0.2, 0.25) is 5.91 Å². The SMILES string of the molecule is NC(=O)C12CCC(CN(Cc3ccccc3)C1)C2. The van der Waals surface area contributed by atoms with E-state index in [-0.39, 0.29) is 11.3 Å². The molecule has 0 spiro atoms. The molecule has 2 aliphatic rings. The Kier molecular flexibility index (Phi) is 2.86. The maximum Gasteiger partial charge on any atom is 0.224 e. The van der Waals surface area contributed by atoms with Gasteiger partial charge in [-0.05, 0) is 30.7 Å². The number of fused-ring (bicyclic) bond motifs is 2. The quantitative estimate of drug-likeness (QED) is 0.881. The first-order chi connectivity index (χ1) is 8.68. The fourth-order valence-electron chi connectivity index (χ4n) is 3.66. The predicted molar refractivity (Wildman–Crippen MR) is 70.7 cm³/mol. The Morgan fingerprint density at radius 1 is 1.39 bits per heavy atom. The Balaban J connectivity index is 1.74. The standard InChI is InChI=1S/C15H20N2O/c16-14(18)15-7-6-13(8-15)10-17(11-15)9-12-4-2-1-3-5-12/h1-5,13H,6-11H2,(H2,16,18). The molecule has 2 bridgehead atoms. The third-order valence-electron chi connectivity index (χ3n) is 4.52. The molecule has 3 heteroatoms. The van der Waals surface area contributed by atoms with Gasteiger partial charge in [-0.2, -0.15) is 0 Å². The number of hydrogen-bond acceptors (Lipinski definition) is 2. The van der Waals surface area contributed by atoms with Crippen molar-refractivity contribution in [1.82, 2.24) is 4.90 Å². The minimum absolute atomic E-state index is 0.0947. The minimum atomic E-state index is -0.238. The van der Waals surface area contributed by atoms with Gasteiger partial charge in [0.05, 0.1) is 5.41 Å². The highest BCUT2D eigenvalue weighted by molar-refractivity contribution is 5.81. The summed E-state index contributed by atoms with van der Waals surface area (Å²) < 4.78 is 0. The molecule has 18 heavy (non-hydrogen) atoms. The monoisotopic (exact) mass is 244 g/mol. The summed E-state index contributed by atoms with van der Waals surface area (Å²) in [5.74, 6) is 0.567. The van der Waals surface area contributed by atoms with Crippen LogP contribution in [0.4, 0.5) is 0 Å². The van der Waals surface area contributed by atoms with Crippen molar-refractivity contribution in [3.05, 3.63) is 35.9 Å². The van der Waals surface area contributed by atoms with Crippen LogP contribution in [0.15, 0.2) is 30.3 Å². The Hall–Kier alpha value is -1.35. The highest BCUT2D eigenvalue weighted by Crippen LogP contribution is 2.46. The van der Waals surface area contributed by atoms with E-state index in [0.717, 1.165) is 38.9 Å². The lowest BCUT2D eigenvalue weighted by Gasteiger charge is -2.38. The fraction of sp³-hybridized carbons (Fsp3) is 0.533. The van der Waals surface area contributed by atoms with Crippen molar-refractivity contribution in [3.8, 4) is 0 Å². The molecule has 96 valence electrons. The van der Waals surface area contributed by atoms with Crippen LogP contribution in [0.5, 0.6) is 0 Å². The number of benzene rings is 1. The predicted octanol–water partition coefficient (Wildman–Crippen LogP) is 1.77. The average molecular weight is 244 g/mol. The smallest absolute Gasteiger partial charge is 0.224 e.